The number of nitrogen functional groups attached to an aromatic ring is 1. The molecule has 0 radical (unpaired) electrons. The predicted octanol–water partition coefficient (Wildman–Crippen LogP) is 4.45. The molecule has 6 nitrogen and oxygen atoms in total. The Balaban J connectivity index is 0.000000345. The standard InChI is InChI=1S/C16H14BrN3O.C2HF3O2/c17-13-5-2-1-4-10(13)11-8-14(15-6-3-7-21-15)20-16(19)12(11)9-18;3-2(4,5)1(6)7/h1-8H,9,18H2,(H2,19,20);(H,6,7). The van der Waals surface area contributed by atoms with Crippen molar-refractivity contribution in [3.63, 3.8) is 0 Å². The summed E-state index contributed by atoms with van der Waals surface area (Å²) in [7, 11) is 0. The maximum absolute atomic E-state index is 10.6. The third-order valence-electron chi connectivity index (χ3n) is 3.54. The number of alkyl halides is 3. The highest BCUT2D eigenvalue weighted by molar-refractivity contribution is 9.10. The average Bonchev–Trinajstić information content (AvgIpc) is 3.16. The summed E-state index contributed by atoms with van der Waals surface area (Å²) in [5.41, 5.74) is 15.4. The van der Waals surface area contributed by atoms with E-state index in [9.17, 15) is 13.2 Å². The summed E-state index contributed by atoms with van der Waals surface area (Å²) in [4.78, 5) is 13.3. The van der Waals surface area contributed by atoms with Gasteiger partial charge in [-0.2, -0.15) is 13.2 Å². The molecular formula is C18H15BrF3N3O3. The van der Waals surface area contributed by atoms with Crippen LogP contribution in [0, 0.1) is 0 Å². The molecule has 0 saturated carbocycles. The number of hydrogen-bond donors (Lipinski definition) is 3. The maximum atomic E-state index is 10.6. The topological polar surface area (TPSA) is 115 Å². The lowest BCUT2D eigenvalue weighted by Gasteiger charge is -2.13. The fourth-order valence-electron chi connectivity index (χ4n) is 2.28. The Morgan fingerprint density at radius 3 is 2.32 bits per heavy atom. The smallest absolute Gasteiger partial charge is 0.475 e. The second-order valence-corrected chi connectivity index (χ2v) is 6.24. The molecule has 3 rings (SSSR count). The number of carboxylic acids is 1. The predicted molar refractivity (Wildman–Crippen MR) is 101 cm³/mol. The highest BCUT2D eigenvalue weighted by Gasteiger charge is 2.38. The fraction of sp³-hybridized carbons (Fsp3) is 0.111. The molecule has 3 aromatic rings. The van der Waals surface area contributed by atoms with Gasteiger partial charge in [-0.25, -0.2) is 9.78 Å². The van der Waals surface area contributed by atoms with Gasteiger partial charge >= 0.3 is 12.1 Å². The largest absolute Gasteiger partial charge is 0.490 e. The number of aromatic nitrogens is 1. The van der Waals surface area contributed by atoms with Crippen molar-refractivity contribution in [3.05, 3.63) is 58.8 Å². The molecule has 28 heavy (non-hydrogen) atoms. The molecule has 2 heterocycles. The molecule has 10 heteroatoms. The van der Waals surface area contributed by atoms with Gasteiger partial charge < -0.3 is 21.0 Å². The number of carboxylic acid groups (broad SMARTS) is 1. The summed E-state index contributed by atoms with van der Waals surface area (Å²) < 4.78 is 38.1. The number of anilines is 1. The normalized spacial score (nSPS) is 10.9. The Labute approximate surface area is 166 Å². The molecule has 148 valence electrons. The average molecular weight is 458 g/mol. The Morgan fingerprint density at radius 1 is 1.18 bits per heavy atom. The van der Waals surface area contributed by atoms with Crippen molar-refractivity contribution in [2.24, 2.45) is 5.73 Å². The summed E-state index contributed by atoms with van der Waals surface area (Å²) in [5.74, 6) is -1.65. The number of aliphatic carboxylic acids is 1. The van der Waals surface area contributed by atoms with Crippen LogP contribution in [0.4, 0.5) is 19.0 Å². The SMILES string of the molecule is NCc1c(-c2ccccc2Br)cc(-c2ccco2)nc1N.O=C(O)C(F)(F)F. The van der Waals surface area contributed by atoms with Gasteiger partial charge in [0.25, 0.3) is 0 Å². The van der Waals surface area contributed by atoms with Gasteiger partial charge in [-0.15, -0.1) is 0 Å². The van der Waals surface area contributed by atoms with Crippen LogP contribution in [0.3, 0.4) is 0 Å². The second kappa shape index (κ2) is 8.89. The van der Waals surface area contributed by atoms with Gasteiger partial charge in [0.15, 0.2) is 5.76 Å². The Hall–Kier alpha value is -2.85. The van der Waals surface area contributed by atoms with Crippen LogP contribution in [0.25, 0.3) is 22.6 Å². The van der Waals surface area contributed by atoms with E-state index in [2.05, 4.69) is 20.9 Å². The van der Waals surface area contributed by atoms with Crippen molar-refractivity contribution in [2.45, 2.75) is 12.7 Å². The van der Waals surface area contributed by atoms with E-state index in [1.807, 2.05) is 42.5 Å². The summed E-state index contributed by atoms with van der Waals surface area (Å²) in [6.07, 6.45) is -3.47. The molecule has 0 amide bonds. The Morgan fingerprint density at radius 2 is 1.82 bits per heavy atom. The molecule has 0 aliphatic carbocycles. The highest BCUT2D eigenvalue weighted by atomic mass is 79.9. The monoisotopic (exact) mass is 457 g/mol. The van der Waals surface area contributed by atoms with Crippen molar-refractivity contribution in [1.82, 2.24) is 4.98 Å². The number of nitrogens with two attached hydrogens (primary N) is 2. The molecule has 0 saturated heterocycles. The van der Waals surface area contributed by atoms with Crippen LogP contribution < -0.4 is 11.5 Å². The van der Waals surface area contributed by atoms with Crippen LogP contribution in [-0.4, -0.2) is 22.2 Å². The van der Waals surface area contributed by atoms with E-state index in [1.165, 1.54) is 0 Å². The third kappa shape index (κ3) is 5.11. The first kappa shape index (κ1) is 21.5. The lowest BCUT2D eigenvalue weighted by Crippen LogP contribution is -2.21. The Bertz CT molecular complexity index is 960. The van der Waals surface area contributed by atoms with Gasteiger partial charge in [-0.3, -0.25) is 0 Å². The molecule has 0 aliphatic rings. The zero-order chi connectivity index (χ0) is 20.9. The summed E-state index contributed by atoms with van der Waals surface area (Å²) >= 11 is 3.57. The van der Waals surface area contributed by atoms with E-state index in [0.29, 0.717) is 23.8 Å². The van der Waals surface area contributed by atoms with E-state index in [0.717, 1.165) is 21.2 Å². The lowest BCUT2D eigenvalue weighted by molar-refractivity contribution is -0.192. The van der Waals surface area contributed by atoms with Crippen LogP contribution in [0.2, 0.25) is 0 Å². The summed E-state index contributed by atoms with van der Waals surface area (Å²) in [6, 6.07) is 13.6. The molecule has 0 aliphatic heterocycles. The minimum absolute atomic E-state index is 0.327. The molecule has 2 aromatic heterocycles. The van der Waals surface area contributed by atoms with Crippen LogP contribution >= 0.6 is 15.9 Å². The number of nitrogens with zero attached hydrogens (tertiary/aromatic N) is 1. The van der Waals surface area contributed by atoms with E-state index >= 15 is 0 Å². The van der Waals surface area contributed by atoms with Crippen LogP contribution in [0.1, 0.15) is 5.56 Å². The zero-order valence-corrected chi connectivity index (χ0v) is 15.8. The molecule has 0 spiro atoms. The Kier molecular flexibility index (Phi) is 6.81. The number of carbonyl (C=O) groups is 1. The van der Waals surface area contributed by atoms with E-state index in [4.69, 9.17) is 25.8 Å². The maximum Gasteiger partial charge on any atom is 0.490 e. The van der Waals surface area contributed by atoms with Gasteiger partial charge in [0.05, 0.1) is 6.26 Å². The molecule has 1 aromatic carbocycles. The molecule has 0 unspecified atom stereocenters. The molecule has 0 fully saturated rings. The van der Waals surface area contributed by atoms with Crippen molar-refractivity contribution < 1.29 is 27.5 Å². The number of furan rings is 1. The van der Waals surface area contributed by atoms with Crippen molar-refractivity contribution in [3.8, 4) is 22.6 Å². The second-order valence-electron chi connectivity index (χ2n) is 5.38. The van der Waals surface area contributed by atoms with E-state index in [1.54, 1.807) is 6.26 Å². The number of hydrogen-bond acceptors (Lipinski definition) is 5. The number of rotatable bonds is 3. The summed E-state index contributed by atoms with van der Waals surface area (Å²) in [6.45, 7) is 0.327. The first-order valence-electron chi connectivity index (χ1n) is 7.73. The third-order valence-corrected chi connectivity index (χ3v) is 4.23. The molecule has 0 bridgehead atoms. The van der Waals surface area contributed by atoms with Crippen LogP contribution in [0.15, 0.2) is 57.6 Å². The number of pyridine rings is 1. The van der Waals surface area contributed by atoms with Crippen LogP contribution in [-0.2, 0) is 11.3 Å². The van der Waals surface area contributed by atoms with Gasteiger partial charge in [-0.1, -0.05) is 34.1 Å². The first-order chi connectivity index (χ1) is 13.1. The van der Waals surface area contributed by atoms with Gasteiger partial charge in [0.2, 0.25) is 0 Å². The zero-order valence-electron chi connectivity index (χ0n) is 14.2. The van der Waals surface area contributed by atoms with E-state index in [-0.39, 0.29) is 0 Å². The van der Waals surface area contributed by atoms with Crippen molar-refractivity contribution in [2.75, 3.05) is 5.73 Å². The summed E-state index contributed by atoms with van der Waals surface area (Å²) in [5, 5.41) is 7.12. The minimum atomic E-state index is -5.08. The lowest BCUT2D eigenvalue weighted by atomic mass is 9.99. The quantitative estimate of drug-likeness (QED) is 0.535. The molecule has 5 N–H and O–H groups in total. The van der Waals surface area contributed by atoms with Crippen LogP contribution in [0.5, 0.6) is 0 Å². The minimum Gasteiger partial charge on any atom is -0.475 e. The van der Waals surface area contributed by atoms with Crippen molar-refractivity contribution >= 4 is 27.7 Å². The van der Waals surface area contributed by atoms with Crippen molar-refractivity contribution in [1.29, 1.82) is 0 Å². The van der Waals surface area contributed by atoms with Gasteiger partial charge in [0.1, 0.15) is 11.5 Å². The first-order valence-corrected chi connectivity index (χ1v) is 8.52. The van der Waals surface area contributed by atoms with Gasteiger partial charge in [-0.05, 0) is 35.4 Å². The molecular weight excluding hydrogens is 443 g/mol. The van der Waals surface area contributed by atoms with E-state index < -0.39 is 12.1 Å². The number of halogens is 4. The fourth-order valence-corrected chi connectivity index (χ4v) is 2.77. The van der Waals surface area contributed by atoms with Gasteiger partial charge in [0, 0.05) is 16.6 Å². The molecule has 0 atom stereocenters. The number of benzene rings is 1. The highest BCUT2D eigenvalue weighted by Crippen LogP contribution is 2.35.